The Bertz CT molecular complexity index is 1170. The number of carbonyl (C=O) groups is 4. The molecule has 8 heteroatoms. The third kappa shape index (κ3) is 5.58. The standard InChI is InChI=1S/C29H36N4O4/c1-18(2)16-22(31-26(35)19-6-8-21(9-7-19)29(3,4)5)28(37)32-15-12-23-25(32)24(34)17-33(23)27(36)20-10-13-30-14-11-20/h6-11,13-14,18,22-23,25H,12,15-17H2,1-5H3,(H,31,35). The van der Waals surface area contributed by atoms with E-state index in [1.54, 1.807) is 46.5 Å². The Balaban J connectivity index is 1.50. The van der Waals surface area contributed by atoms with Gasteiger partial charge in [0.2, 0.25) is 5.91 Å². The van der Waals surface area contributed by atoms with Crippen LogP contribution in [0.5, 0.6) is 0 Å². The first-order chi connectivity index (χ1) is 17.5. The number of rotatable bonds is 6. The molecule has 3 unspecified atom stereocenters. The van der Waals surface area contributed by atoms with Crippen LogP contribution in [0.1, 0.15) is 73.7 Å². The molecule has 37 heavy (non-hydrogen) atoms. The quantitative estimate of drug-likeness (QED) is 0.651. The van der Waals surface area contributed by atoms with Crippen LogP contribution in [0.3, 0.4) is 0 Å². The fourth-order valence-electron chi connectivity index (χ4n) is 5.26. The zero-order chi connectivity index (χ0) is 26.9. The van der Waals surface area contributed by atoms with Crippen molar-refractivity contribution in [1.29, 1.82) is 0 Å². The number of nitrogens with one attached hydrogen (secondary N) is 1. The number of aromatic nitrogens is 1. The molecule has 2 aliphatic rings. The first-order valence-corrected chi connectivity index (χ1v) is 12.9. The van der Waals surface area contributed by atoms with Gasteiger partial charge in [0.25, 0.3) is 11.8 Å². The van der Waals surface area contributed by atoms with Crippen LogP contribution >= 0.6 is 0 Å². The Kier molecular flexibility index (Phi) is 7.48. The zero-order valence-electron chi connectivity index (χ0n) is 22.2. The minimum Gasteiger partial charge on any atom is -0.340 e. The molecule has 0 aliphatic carbocycles. The molecule has 2 saturated heterocycles. The van der Waals surface area contributed by atoms with E-state index in [2.05, 4.69) is 31.1 Å². The Morgan fingerprint density at radius 2 is 1.65 bits per heavy atom. The summed E-state index contributed by atoms with van der Waals surface area (Å²) in [5, 5.41) is 2.93. The maximum atomic E-state index is 13.7. The first-order valence-electron chi connectivity index (χ1n) is 12.9. The lowest BCUT2D eigenvalue weighted by molar-refractivity contribution is -0.138. The van der Waals surface area contributed by atoms with Gasteiger partial charge in [-0.15, -0.1) is 0 Å². The van der Waals surface area contributed by atoms with Gasteiger partial charge in [-0.25, -0.2) is 0 Å². The predicted molar refractivity (Wildman–Crippen MR) is 140 cm³/mol. The highest BCUT2D eigenvalue weighted by Gasteiger charge is 2.52. The van der Waals surface area contributed by atoms with Crippen molar-refractivity contribution in [2.75, 3.05) is 13.1 Å². The molecule has 1 N–H and O–H groups in total. The lowest BCUT2D eigenvalue weighted by atomic mass is 9.86. The summed E-state index contributed by atoms with van der Waals surface area (Å²) in [4.78, 5) is 60.0. The number of likely N-dealkylation sites (tertiary alicyclic amines) is 2. The average Bonchev–Trinajstić information content (AvgIpc) is 3.44. The van der Waals surface area contributed by atoms with Gasteiger partial charge in [0.15, 0.2) is 5.78 Å². The molecule has 2 aliphatic heterocycles. The molecule has 1 aromatic carbocycles. The third-order valence-electron chi connectivity index (χ3n) is 7.22. The number of benzene rings is 1. The Labute approximate surface area is 218 Å². The van der Waals surface area contributed by atoms with E-state index in [9.17, 15) is 19.2 Å². The lowest BCUT2D eigenvalue weighted by Gasteiger charge is -2.29. The maximum Gasteiger partial charge on any atom is 0.254 e. The van der Waals surface area contributed by atoms with Crippen LogP contribution in [0.25, 0.3) is 0 Å². The largest absolute Gasteiger partial charge is 0.340 e. The number of hydrogen-bond acceptors (Lipinski definition) is 5. The number of pyridine rings is 1. The van der Waals surface area contributed by atoms with E-state index >= 15 is 0 Å². The fourth-order valence-corrected chi connectivity index (χ4v) is 5.26. The second-order valence-electron chi connectivity index (χ2n) is 11.5. The van der Waals surface area contributed by atoms with Crippen LogP contribution < -0.4 is 5.32 Å². The van der Waals surface area contributed by atoms with Gasteiger partial charge < -0.3 is 15.1 Å². The number of nitrogens with zero attached hydrogens (tertiary/aromatic N) is 3. The van der Waals surface area contributed by atoms with E-state index in [1.165, 1.54) is 0 Å². The number of ketones is 1. The van der Waals surface area contributed by atoms with Crippen molar-refractivity contribution < 1.29 is 19.2 Å². The molecule has 2 fully saturated rings. The van der Waals surface area contributed by atoms with Crippen molar-refractivity contribution in [3.8, 4) is 0 Å². The minimum absolute atomic E-state index is 0.0262. The van der Waals surface area contributed by atoms with Crippen LogP contribution in [0, 0.1) is 5.92 Å². The molecular weight excluding hydrogens is 468 g/mol. The molecule has 0 saturated carbocycles. The molecule has 3 amide bonds. The van der Waals surface area contributed by atoms with Crippen molar-refractivity contribution in [2.24, 2.45) is 5.92 Å². The monoisotopic (exact) mass is 504 g/mol. The average molecular weight is 505 g/mol. The Hall–Kier alpha value is -3.55. The van der Waals surface area contributed by atoms with Crippen molar-refractivity contribution in [3.63, 3.8) is 0 Å². The van der Waals surface area contributed by atoms with Crippen molar-refractivity contribution >= 4 is 23.5 Å². The van der Waals surface area contributed by atoms with E-state index in [-0.39, 0.29) is 47.4 Å². The second-order valence-corrected chi connectivity index (χ2v) is 11.5. The number of Topliss-reactive ketones (excluding diaryl/α,β-unsaturated/α-hetero) is 1. The molecule has 0 radical (unpaired) electrons. The minimum atomic E-state index is -0.758. The van der Waals surface area contributed by atoms with Crippen LogP contribution in [0.4, 0.5) is 0 Å². The summed E-state index contributed by atoms with van der Waals surface area (Å²) in [6.07, 6.45) is 4.06. The highest BCUT2D eigenvalue weighted by Crippen LogP contribution is 2.32. The van der Waals surface area contributed by atoms with Crippen LogP contribution in [0.15, 0.2) is 48.8 Å². The van der Waals surface area contributed by atoms with Crippen molar-refractivity contribution in [3.05, 3.63) is 65.5 Å². The summed E-state index contributed by atoms with van der Waals surface area (Å²) in [5.74, 6) is -0.816. The van der Waals surface area contributed by atoms with Gasteiger partial charge in [-0.2, -0.15) is 0 Å². The highest BCUT2D eigenvalue weighted by atomic mass is 16.2. The summed E-state index contributed by atoms with van der Waals surface area (Å²) in [5.41, 5.74) is 2.04. The first kappa shape index (κ1) is 26.5. The van der Waals surface area contributed by atoms with E-state index in [1.807, 2.05) is 26.0 Å². The van der Waals surface area contributed by atoms with Crippen molar-refractivity contribution in [1.82, 2.24) is 20.1 Å². The molecule has 0 bridgehead atoms. The molecule has 8 nitrogen and oxygen atoms in total. The van der Waals surface area contributed by atoms with Gasteiger partial charge in [-0.3, -0.25) is 24.2 Å². The fraction of sp³-hybridized carbons (Fsp3) is 0.483. The van der Waals surface area contributed by atoms with E-state index in [4.69, 9.17) is 0 Å². The van der Waals surface area contributed by atoms with E-state index < -0.39 is 12.1 Å². The molecule has 196 valence electrons. The normalized spacial score (nSPS) is 20.2. The number of amides is 3. The van der Waals surface area contributed by atoms with Gasteiger partial charge in [-0.1, -0.05) is 46.8 Å². The zero-order valence-corrected chi connectivity index (χ0v) is 22.2. The smallest absolute Gasteiger partial charge is 0.254 e. The lowest BCUT2D eigenvalue weighted by Crippen LogP contribution is -2.53. The van der Waals surface area contributed by atoms with Crippen molar-refractivity contribution in [2.45, 2.75) is 71.0 Å². The molecule has 2 aromatic rings. The molecule has 3 atom stereocenters. The third-order valence-corrected chi connectivity index (χ3v) is 7.22. The maximum absolute atomic E-state index is 13.7. The predicted octanol–water partition coefficient (Wildman–Crippen LogP) is 3.22. The SMILES string of the molecule is CC(C)CC(NC(=O)c1ccc(C(C)(C)C)cc1)C(=O)N1CCC2C1C(=O)CN2C(=O)c1ccncc1. The topological polar surface area (TPSA) is 99.7 Å². The Morgan fingerprint density at radius 1 is 1.00 bits per heavy atom. The summed E-state index contributed by atoms with van der Waals surface area (Å²) in [6, 6.07) is 8.87. The van der Waals surface area contributed by atoms with Gasteiger partial charge in [-0.05, 0) is 54.0 Å². The highest BCUT2D eigenvalue weighted by molar-refractivity contribution is 6.03. The number of fused-ring (bicyclic) bond motifs is 1. The van der Waals surface area contributed by atoms with Gasteiger partial charge in [0, 0.05) is 30.1 Å². The van der Waals surface area contributed by atoms with Gasteiger partial charge >= 0.3 is 0 Å². The summed E-state index contributed by atoms with van der Waals surface area (Å²) >= 11 is 0. The summed E-state index contributed by atoms with van der Waals surface area (Å²) in [7, 11) is 0. The number of hydrogen-bond donors (Lipinski definition) is 1. The van der Waals surface area contributed by atoms with Crippen LogP contribution in [-0.2, 0) is 15.0 Å². The van der Waals surface area contributed by atoms with Crippen LogP contribution in [-0.4, -0.2) is 69.5 Å². The molecule has 4 rings (SSSR count). The number of carbonyl (C=O) groups excluding carboxylic acids is 4. The summed E-state index contributed by atoms with van der Waals surface area (Å²) < 4.78 is 0. The molecule has 3 heterocycles. The summed E-state index contributed by atoms with van der Waals surface area (Å²) in [6.45, 7) is 10.7. The van der Waals surface area contributed by atoms with Gasteiger partial charge in [0.05, 0.1) is 12.6 Å². The second kappa shape index (κ2) is 10.4. The van der Waals surface area contributed by atoms with E-state index in [0.29, 0.717) is 30.5 Å². The van der Waals surface area contributed by atoms with Crippen LogP contribution in [0.2, 0.25) is 0 Å². The molecular formula is C29H36N4O4. The Morgan fingerprint density at radius 3 is 2.24 bits per heavy atom. The molecule has 0 spiro atoms. The van der Waals surface area contributed by atoms with E-state index in [0.717, 1.165) is 5.56 Å². The molecule has 1 aromatic heterocycles. The van der Waals surface area contributed by atoms with Gasteiger partial charge in [0.1, 0.15) is 12.1 Å².